The first-order valence-electron chi connectivity index (χ1n) is 5.70. The van der Waals surface area contributed by atoms with E-state index in [1.807, 2.05) is 25.1 Å². The molecule has 0 saturated carbocycles. The highest BCUT2D eigenvalue weighted by molar-refractivity contribution is 6.36. The highest BCUT2D eigenvalue weighted by atomic mass is 35.5. The lowest BCUT2D eigenvalue weighted by Gasteiger charge is -2.06. The molecule has 0 saturated heterocycles. The summed E-state index contributed by atoms with van der Waals surface area (Å²) in [6, 6.07) is 8.68. The minimum atomic E-state index is -0.444. The van der Waals surface area contributed by atoms with E-state index in [0.29, 0.717) is 15.9 Å². The Balaban J connectivity index is 2.53. The van der Waals surface area contributed by atoms with Gasteiger partial charge in [-0.1, -0.05) is 29.8 Å². The van der Waals surface area contributed by atoms with Crippen LogP contribution in [-0.4, -0.2) is 9.91 Å². The van der Waals surface area contributed by atoms with Gasteiger partial charge in [0.05, 0.1) is 15.5 Å². The Hall–Kier alpha value is -2.20. The van der Waals surface area contributed by atoms with Crippen LogP contribution in [0.4, 0.5) is 5.69 Å². The molecular formula is C14H9ClN2O2. The minimum Gasteiger partial charge on any atom is -0.258 e. The van der Waals surface area contributed by atoms with Crippen LogP contribution >= 0.6 is 11.6 Å². The van der Waals surface area contributed by atoms with Gasteiger partial charge in [0.1, 0.15) is 0 Å². The molecule has 0 fully saturated rings. The number of pyridine rings is 1. The monoisotopic (exact) mass is 272 g/mol. The molecule has 0 N–H and O–H groups in total. The lowest BCUT2D eigenvalue weighted by molar-refractivity contribution is -0.384. The third-order valence-corrected chi connectivity index (χ3v) is 3.48. The highest BCUT2D eigenvalue weighted by Crippen LogP contribution is 2.33. The van der Waals surface area contributed by atoms with Crippen LogP contribution in [0.5, 0.6) is 0 Å². The fourth-order valence-electron chi connectivity index (χ4n) is 2.24. The van der Waals surface area contributed by atoms with E-state index in [2.05, 4.69) is 4.98 Å². The zero-order valence-electron chi connectivity index (χ0n) is 10.1. The molecule has 5 heteroatoms. The van der Waals surface area contributed by atoms with Crippen molar-refractivity contribution in [3.05, 3.63) is 57.2 Å². The van der Waals surface area contributed by atoms with Crippen molar-refractivity contribution in [1.82, 2.24) is 4.98 Å². The van der Waals surface area contributed by atoms with Gasteiger partial charge in [0, 0.05) is 29.1 Å². The summed E-state index contributed by atoms with van der Waals surface area (Å²) in [6.45, 7) is 1.98. The van der Waals surface area contributed by atoms with Crippen molar-refractivity contribution in [2.24, 2.45) is 0 Å². The number of fused-ring (bicyclic) bond motifs is 3. The number of non-ortho nitro benzene ring substituents is 1. The average molecular weight is 273 g/mol. The number of nitro benzene ring substituents is 1. The number of halogens is 1. The number of rotatable bonds is 1. The van der Waals surface area contributed by atoms with Gasteiger partial charge in [-0.15, -0.1) is 0 Å². The van der Waals surface area contributed by atoms with Gasteiger partial charge in [-0.25, -0.2) is 0 Å². The van der Waals surface area contributed by atoms with E-state index < -0.39 is 4.92 Å². The Morgan fingerprint density at radius 3 is 2.74 bits per heavy atom. The molecule has 0 unspecified atom stereocenters. The zero-order valence-corrected chi connectivity index (χ0v) is 10.8. The first-order valence-corrected chi connectivity index (χ1v) is 6.07. The van der Waals surface area contributed by atoms with Crippen LogP contribution in [0.2, 0.25) is 5.02 Å². The SMILES string of the molecule is Cc1cccc2c1cnc1c(Cl)cc([N+](=O)[O-])cc12. The largest absolute Gasteiger partial charge is 0.271 e. The molecule has 2 aromatic carbocycles. The maximum absolute atomic E-state index is 10.9. The van der Waals surface area contributed by atoms with Gasteiger partial charge < -0.3 is 0 Å². The van der Waals surface area contributed by atoms with Crippen LogP contribution in [0, 0.1) is 17.0 Å². The summed E-state index contributed by atoms with van der Waals surface area (Å²) in [6.07, 6.45) is 1.75. The van der Waals surface area contributed by atoms with Crippen molar-refractivity contribution in [2.45, 2.75) is 6.92 Å². The van der Waals surface area contributed by atoms with Gasteiger partial charge in [0.2, 0.25) is 0 Å². The Kier molecular flexibility index (Phi) is 2.61. The predicted molar refractivity (Wildman–Crippen MR) is 75.7 cm³/mol. The van der Waals surface area contributed by atoms with Crippen LogP contribution in [0.25, 0.3) is 21.7 Å². The van der Waals surface area contributed by atoms with Gasteiger partial charge in [-0.3, -0.25) is 15.1 Å². The van der Waals surface area contributed by atoms with Crippen LogP contribution in [0.1, 0.15) is 5.56 Å². The topological polar surface area (TPSA) is 56.0 Å². The van der Waals surface area contributed by atoms with Gasteiger partial charge in [0.15, 0.2) is 0 Å². The molecule has 1 aromatic heterocycles. The van der Waals surface area contributed by atoms with Crippen LogP contribution in [-0.2, 0) is 0 Å². The summed E-state index contributed by atoms with van der Waals surface area (Å²) in [5, 5.41) is 13.8. The fourth-order valence-corrected chi connectivity index (χ4v) is 2.51. The van der Waals surface area contributed by atoms with Crippen molar-refractivity contribution in [3.8, 4) is 0 Å². The number of hydrogen-bond acceptors (Lipinski definition) is 3. The lowest BCUT2D eigenvalue weighted by Crippen LogP contribution is -1.91. The van der Waals surface area contributed by atoms with Gasteiger partial charge >= 0.3 is 0 Å². The Morgan fingerprint density at radius 2 is 2.00 bits per heavy atom. The zero-order chi connectivity index (χ0) is 13.6. The molecule has 0 spiro atoms. The standard InChI is InChI=1S/C14H9ClN2O2/c1-8-3-2-4-10-11-5-9(17(18)19)6-13(15)14(11)16-7-12(8)10/h2-7H,1H3. The van der Waals surface area contributed by atoms with Crippen LogP contribution in [0.15, 0.2) is 36.5 Å². The highest BCUT2D eigenvalue weighted by Gasteiger charge is 2.13. The van der Waals surface area contributed by atoms with E-state index in [4.69, 9.17) is 11.6 Å². The molecular weight excluding hydrogens is 264 g/mol. The predicted octanol–water partition coefficient (Wildman–Crippen LogP) is 4.26. The van der Waals surface area contributed by atoms with E-state index in [1.165, 1.54) is 12.1 Å². The lowest BCUT2D eigenvalue weighted by atomic mass is 10.0. The Labute approximate surface area is 113 Å². The van der Waals surface area contributed by atoms with E-state index in [0.717, 1.165) is 16.3 Å². The number of nitrogens with zero attached hydrogens (tertiary/aromatic N) is 2. The third-order valence-electron chi connectivity index (χ3n) is 3.20. The second-order valence-corrected chi connectivity index (χ2v) is 4.78. The van der Waals surface area contributed by atoms with Gasteiger partial charge in [0.25, 0.3) is 5.69 Å². The molecule has 0 aliphatic carbocycles. The average Bonchev–Trinajstić information content (AvgIpc) is 2.38. The van der Waals surface area contributed by atoms with E-state index in [9.17, 15) is 10.1 Å². The summed E-state index contributed by atoms with van der Waals surface area (Å²) in [5.41, 5.74) is 1.65. The van der Waals surface area contributed by atoms with Crippen LogP contribution < -0.4 is 0 Å². The van der Waals surface area contributed by atoms with Crippen molar-refractivity contribution < 1.29 is 4.92 Å². The summed E-state index contributed by atoms with van der Waals surface area (Å²) < 4.78 is 0. The maximum Gasteiger partial charge on any atom is 0.271 e. The van der Waals surface area contributed by atoms with Crippen molar-refractivity contribution in [1.29, 1.82) is 0 Å². The van der Waals surface area contributed by atoms with E-state index in [-0.39, 0.29) is 5.69 Å². The number of hydrogen-bond donors (Lipinski definition) is 0. The van der Waals surface area contributed by atoms with E-state index >= 15 is 0 Å². The second-order valence-electron chi connectivity index (χ2n) is 4.38. The van der Waals surface area contributed by atoms with Crippen molar-refractivity contribution in [3.63, 3.8) is 0 Å². The van der Waals surface area contributed by atoms with Crippen molar-refractivity contribution >= 4 is 39.0 Å². The summed E-state index contributed by atoms with van der Waals surface area (Å²) >= 11 is 6.08. The molecule has 0 aliphatic heterocycles. The molecule has 94 valence electrons. The van der Waals surface area contributed by atoms with Crippen LogP contribution in [0.3, 0.4) is 0 Å². The maximum atomic E-state index is 10.9. The third kappa shape index (κ3) is 1.81. The first kappa shape index (κ1) is 11.9. The molecule has 1 heterocycles. The normalized spacial score (nSPS) is 11.1. The number of aromatic nitrogens is 1. The molecule has 0 bridgehead atoms. The molecule has 0 radical (unpaired) electrons. The smallest absolute Gasteiger partial charge is 0.258 e. The van der Waals surface area contributed by atoms with Gasteiger partial charge in [-0.05, 0) is 17.9 Å². The summed E-state index contributed by atoms with van der Waals surface area (Å²) in [4.78, 5) is 14.8. The summed E-state index contributed by atoms with van der Waals surface area (Å²) in [5.74, 6) is 0. The van der Waals surface area contributed by atoms with Crippen molar-refractivity contribution in [2.75, 3.05) is 0 Å². The quantitative estimate of drug-likeness (QED) is 0.378. The summed E-state index contributed by atoms with van der Waals surface area (Å²) in [7, 11) is 0. The van der Waals surface area contributed by atoms with E-state index in [1.54, 1.807) is 6.20 Å². The second kappa shape index (κ2) is 4.17. The Bertz CT molecular complexity index is 830. The number of benzene rings is 2. The molecule has 19 heavy (non-hydrogen) atoms. The Morgan fingerprint density at radius 1 is 1.21 bits per heavy atom. The molecule has 3 aromatic rings. The number of aryl methyl sites for hydroxylation is 1. The molecule has 0 atom stereocenters. The minimum absolute atomic E-state index is 0.0201. The van der Waals surface area contributed by atoms with Gasteiger partial charge in [-0.2, -0.15) is 0 Å². The fraction of sp³-hybridized carbons (Fsp3) is 0.0714. The first-order chi connectivity index (χ1) is 9.08. The number of nitro groups is 1. The molecule has 4 nitrogen and oxygen atoms in total. The molecule has 0 aliphatic rings. The molecule has 0 amide bonds. The molecule has 3 rings (SSSR count).